The molecule has 17 heavy (non-hydrogen) atoms. The second-order valence-electron chi connectivity index (χ2n) is 5.65. The van der Waals surface area contributed by atoms with E-state index in [1.165, 1.54) is 0 Å². The highest BCUT2D eigenvalue weighted by molar-refractivity contribution is 5.74. The molecule has 0 aromatic carbocycles. The third-order valence-electron chi connectivity index (χ3n) is 2.11. The van der Waals surface area contributed by atoms with Crippen LogP contribution in [0, 0.1) is 23.2 Å². The van der Waals surface area contributed by atoms with E-state index in [-0.39, 0.29) is 5.92 Å². The highest BCUT2D eigenvalue weighted by Gasteiger charge is 2.41. The Balaban J connectivity index is 4.95. The highest BCUT2D eigenvalue weighted by atomic mass is 16.6. The average molecular weight is 242 g/mol. The fourth-order valence-electron chi connectivity index (χ4n) is 1.38. The predicted octanol–water partition coefficient (Wildman–Crippen LogP) is 1.16. The summed E-state index contributed by atoms with van der Waals surface area (Å²) in [6, 6.07) is 1.55. The maximum atomic E-state index is 11.9. The average Bonchev–Trinajstić information content (AvgIpc) is 2.10. The fourth-order valence-corrected chi connectivity index (χ4v) is 1.38. The number of carbonyl (C=O) groups is 1. The third kappa shape index (κ3) is 5.66. The van der Waals surface area contributed by atoms with Crippen LogP contribution in [0.15, 0.2) is 0 Å². The van der Waals surface area contributed by atoms with Crippen LogP contribution in [-0.4, -0.2) is 22.4 Å². The van der Waals surface area contributed by atoms with E-state index in [1.807, 2.05) is 13.8 Å². The largest absolute Gasteiger partial charge is 0.460 e. The molecule has 0 amide bonds. The second kappa shape index (κ2) is 5.48. The molecular weight excluding hydrogens is 220 g/mol. The van der Waals surface area contributed by atoms with E-state index in [2.05, 4.69) is 0 Å². The lowest BCUT2D eigenvalue weighted by molar-refractivity contribution is -0.167. The normalized spacial score (nSPS) is 17.1. The molecule has 0 fully saturated rings. The minimum Gasteiger partial charge on any atom is -0.460 e. The Morgan fingerprint density at radius 1 is 1.47 bits per heavy atom. The molecule has 0 aromatic rings. The molecule has 0 saturated heterocycles. The van der Waals surface area contributed by atoms with Gasteiger partial charge in [0.15, 0.2) is 0 Å². The van der Waals surface area contributed by atoms with Crippen LogP contribution >= 0.6 is 0 Å². The van der Waals surface area contributed by atoms with Gasteiger partial charge in [-0.25, -0.2) is 0 Å². The van der Waals surface area contributed by atoms with Crippen molar-refractivity contribution in [3.63, 3.8) is 0 Å². The van der Waals surface area contributed by atoms with Gasteiger partial charge in [0, 0.05) is 0 Å². The van der Waals surface area contributed by atoms with Crippen molar-refractivity contribution in [2.24, 2.45) is 17.6 Å². The van der Waals surface area contributed by atoms with E-state index < -0.39 is 23.2 Å². The standard InChI is InChI=1S/C12H22N2O3/c1-8(2)6-9(12(14,16)7-13)10(15)17-11(3,4)5/h8-9,16H,6,14H2,1-5H3/t9-,12?/m1/s1. The first-order chi connectivity index (χ1) is 7.49. The molecule has 0 radical (unpaired) electrons. The number of rotatable bonds is 4. The van der Waals surface area contributed by atoms with E-state index in [0.29, 0.717) is 6.42 Å². The number of carbonyl (C=O) groups excluding carboxylic acids is 1. The highest BCUT2D eigenvalue weighted by Crippen LogP contribution is 2.24. The number of nitriles is 1. The molecule has 0 aliphatic heterocycles. The monoisotopic (exact) mass is 242 g/mol. The Kier molecular flexibility index (Phi) is 5.12. The van der Waals surface area contributed by atoms with Crippen LogP contribution in [0.2, 0.25) is 0 Å². The van der Waals surface area contributed by atoms with Gasteiger partial charge in [-0.1, -0.05) is 13.8 Å². The van der Waals surface area contributed by atoms with Crippen molar-refractivity contribution in [1.82, 2.24) is 0 Å². The van der Waals surface area contributed by atoms with Gasteiger partial charge in [0.05, 0.1) is 0 Å². The summed E-state index contributed by atoms with van der Waals surface area (Å²) in [7, 11) is 0. The van der Waals surface area contributed by atoms with Gasteiger partial charge >= 0.3 is 5.97 Å². The quantitative estimate of drug-likeness (QED) is 0.438. The summed E-state index contributed by atoms with van der Waals surface area (Å²) in [6.07, 6.45) is 0.301. The lowest BCUT2D eigenvalue weighted by Gasteiger charge is -2.29. The van der Waals surface area contributed by atoms with Crippen LogP contribution in [0.4, 0.5) is 0 Å². The molecule has 0 saturated carbocycles. The van der Waals surface area contributed by atoms with Crippen molar-refractivity contribution in [1.29, 1.82) is 5.26 Å². The van der Waals surface area contributed by atoms with Crippen LogP contribution in [0.25, 0.3) is 0 Å². The van der Waals surface area contributed by atoms with E-state index in [9.17, 15) is 9.90 Å². The van der Waals surface area contributed by atoms with Gasteiger partial charge in [0.2, 0.25) is 5.72 Å². The number of hydrogen-bond donors (Lipinski definition) is 2. The van der Waals surface area contributed by atoms with Gasteiger partial charge in [0.25, 0.3) is 0 Å². The van der Waals surface area contributed by atoms with Crippen molar-refractivity contribution in [2.45, 2.75) is 52.4 Å². The van der Waals surface area contributed by atoms with Gasteiger partial charge in [-0.15, -0.1) is 0 Å². The molecule has 2 atom stereocenters. The predicted molar refractivity (Wildman–Crippen MR) is 63.5 cm³/mol. The first-order valence-corrected chi connectivity index (χ1v) is 5.65. The van der Waals surface area contributed by atoms with E-state index in [1.54, 1.807) is 26.8 Å². The van der Waals surface area contributed by atoms with Crippen molar-refractivity contribution >= 4 is 5.97 Å². The van der Waals surface area contributed by atoms with E-state index in [4.69, 9.17) is 15.7 Å². The molecule has 0 aromatic heterocycles. The summed E-state index contributed by atoms with van der Waals surface area (Å²) >= 11 is 0. The molecule has 3 N–H and O–H groups in total. The van der Waals surface area contributed by atoms with Crippen molar-refractivity contribution in [3.05, 3.63) is 0 Å². The molecule has 0 bridgehead atoms. The number of ether oxygens (including phenoxy) is 1. The molecule has 0 rings (SSSR count). The Morgan fingerprint density at radius 2 is 1.94 bits per heavy atom. The lowest BCUT2D eigenvalue weighted by atomic mass is 9.88. The topological polar surface area (TPSA) is 96.3 Å². The van der Waals surface area contributed by atoms with Crippen LogP contribution in [0.5, 0.6) is 0 Å². The van der Waals surface area contributed by atoms with Gasteiger partial charge in [-0.05, 0) is 33.1 Å². The zero-order chi connectivity index (χ0) is 13.9. The summed E-state index contributed by atoms with van der Waals surface area (Å²) < 4.78 is 5.16. The van der Waals surface area contributed by atoms with E-state index >= 15 is 0 Å². The number of hydrogen-bond acceptors (Lipinski definition) is 5. The van der Waals surface area contributed by atoms with Crippen molar-refractivity contribution < 1.29 is 14.6 Å². The molecule has 0 aliphatic carbocycles. The smallest absolute Gasteiger partial charge is 0.314 e. The molecule has 0 spiro atoms. The Morgan fingerprint density at radius 3 is 2.24 bits per heavy atom. The lowest BCUT2D eigenvalue weighted by Crippen LogP contribution is -2.51. The molecule has 1 unspecified atom stereocenters. The molecular formula is C12H22N2O3. The SMILES string of the molecule is CC(C)C[C@H](C(=O)OC(C)(C)C)C(N)(O)C#N. The van der Waals surface area contributed by atoms with Crippen LogP contribution in [-0.2, 0) is 9.53 Å². The van der Waals surface area contributed by atoms with Crippen molar-refractivity contribution in [2.75, 3.05) is 0 Å². The molecule has 0 aliphatic rings. The number of aliphatic hydroxyl groups is 1. The first kappa shape index (κ1) is 15.9. The summed E-state index contributed by atoms with van der Waals surface area (Å²) in [5.74, 6) is -1.56. The summed E-state index contributed by atoms with van der Waals surface area (Å²) in [4.78, 5) is 11.9. The molecule has 98 valence electrons. The van der Waals surface area contributed by atoms with Gasteiger partial charge < -0.3 is 9.84 Å². The first-order valence-electron chi connectivity index (χ1n) is 5.65. The van der Waals surface area contributed by atoms with Gasteiger partial charge in [-0.3, -0.25) is 10.5 Å². The maximum Gasteiger partial charge on any atom is 0.314 e. The maximum absolute atomic E-state index is 11.9. The minimum absolute atomic E-state index is 0.121. The Labute approximate surface area is 103 Å². The number of esters is 1. The van der Waals surface area contributed by atoms with E-state index in [0.717, 1.165) is 0 Å². The zero-order valence-electron chi connectivity index (χ0n) is 11.2. The minimum atomic E-state index is -2.19. The fraction of sp³-hybridized carbons (Fsp3) is 0.833. The summed E-state index contributed by atoms with van der Waals surface area (Å²) in [5, 5.41) is 18.5. The molecule has 5 heteroatoms. The van der Waals surface area contributed by atoms with Gasteiger partial charge in [0.1, 0.15) is 17.6 Å². The van der Waals surface area contributed by atoms with Crippen LogP contribution in [0.1, 0.15) is 41.0 Å². The van der Waals surface area contributed by atoms with Gasteiger partial charge in [-0.2, -0.15) is 5.26 Å². The Hall–Kier alpha value is -1.12. The third-order valence-corrected chi connectivity index (χ3v) is 2.11. The second-order valence-corrected chi connectivity index (χ2v) is 5.65. The van der Waals surface area contributed by atoms with Crippen LogP contribution < -0.4 is 5.73 Å². The Bertz CT molecular complexity index is 311. The molecule has 5 nitrogen and oxygen atoms in total. The van der Waals surface area contributed by atoms with Crippen molar-refractivity contribution in [3.8, 4) is 6.07 Å². The number of nitrogens with zero attached hydrogens (tertiary/aromatic N) is 1. The number of nitrogens with two attached hydrogens (primary N) is 1. The zero-order valence-corrected chi connectivity index (χ0v) is 11.2. The summed E-state index contributed by atoms with van der Waals surface area (Å²) in [5.41, 5.74) is 2.57. The van der Waals surface area contributed by atoms with Crippen LogP contribution in [0.3, 0.4) is 0 Å². The summed E-state index contributed by atoms with van der Waals surface area (Å²) in [6.45, 7) is 8.92. The molecule has 0 heterocycles.